The first-order chi connectivity index (χ1) is 36.7. The fraction of sp³-hybridized carbons (Fsp3) is 0.732. The van der Waals surface area contributed by atoms with Gasteiger partial charge in [-0.15, -0.1) is 0 Å². The Labute approximate surface area is 445 Å². The van der Waals surface area contributed by atoms with E-state index in [4.69, 9.17) is 18.9 Å². The molecule has 2 aromatic heterocycles. The highest BCUT2D eigenvalue weighted by atomic mass is 19.4. The number of aromatic nitrogens is 2. The number of halogens is 3. The van der Waals surface area contributed by atoms with E-state index in [1.807, 2.05) is 12.1 Å². The second-order valence-electron chi connectivity index (χ2n) is 22.2. The summed E-state index contributed by atoms with van der Waals surface area (Å²) in [6, 6.07) is 4.76. The predicted octanol–water partition coefficient (Wildman–Crippen LogP) is 6.12. The van der Waals surface area contributed by atoms with Crippen LogP contribution in [0.1, 0.15) is 150 Å². The highest BCUT2D eigenvalue weighted by molar-refractivity contribution is 5.90. The molecule has 5 fully saturated rings. The van der Waals surface area contributed by atoms with Crippen molar-refractivity contribution >= 4 is 29.5 Å². The van der Waals surface area contributed by atoms with Crippen LogP contribution >= 0.6 is 0 Å². The average Bonchev–Trinajstić information content (AvgIpc) is 3.99. The number of nitrogens with one attached hydrogen (secondary N) is 4. The van der Waals surface area contributed by atoms with Gasteiger partial charge in [-0.1, -0.05) is 18.9 Å². The van der Waals surface area contributed by atoms with Crippen LogP contribution in [-0.2, 0) is 62.1 Å². The van der Waals surface area contributed by atoms with Crippen LogP contribution in [0.3, 0.4) is 0 Å². The Morgan fingerprint density at radius 2 is 1.64 bits per heavy atom. The van der Waals surface area contributed by atoms with Gasteiger partial charge in [-0.25, -0.2) is 0 Å². The van der Waals surface area contributed by atoms with Crippen molar-refractivity contribution in [3.8, 4) is 0 Å². The molecule has 2 saturated heterocycles. The van der Waals surface area contributed by atoms with E-state index in [9.17, 15) is 37.1 Å². The fourth-order valence-corrected chi connectivity index (χ4v) is 12.7. The van der Waals surface area contributed by atoms with E-state index in [0.717, 1.165) is 88.5 Å². The molecule has 0 spiro atoms. The van der Waals surface area contributed by atoms with E-state index < -0.39 is 23.1 Å². The van der Waals surface area contributed by atoms with Crippen molar-refractivity contribution in [1.82, 2.24) is 41.0 Å². The molecular formula is C56H81F3N8O9. The lowest BCUT2D eigenvalue weighted by atomic mass is 9.78. The standard InChI is InChI=1S/C56H81F3N8O9/c1-66-50(69)31-45(51(66)38-8-6-23-60-33-38)53(71)62-25-29-76-44-16-14-43(15-17-44)75-27-7-9-49(68)65-41-12-10-37(11-13-41)52(70)61-24-5-3-4-21-55(22-18-42(32-55)64-47-20-28-74-36-48(47)73-2)54(72)67-26-19-46-39(35-67)30-40(34-63-46)56(57,58)59/h6,8,23,30,33-34,37,41-45,47-48,51,64H,3-5,7,9-22,24-29,31-32,35-36H2,1-2H3,(H,61,70)(H,62,71)(H,65,68)/t37-,41-,42-,43-,44-,45+,47+,48-,51-,55+/m1/s1. The topological polar surface area (TPSA) is 203 Å². The van der Waals surface area contributed by atoms with Crippen molar-refractivity contribution in [2.75, 3.05) is 60.2 Å². The number of fused-ring (bicyclic) bond motifs is 1. The first-order valence-corrected chi connectivity index (χ1v) is 28.1. The van der Waals surface area contributed by atoms with Crippen molar-refractivity contribution in [3.63, 3.8) is 0 Å². The molecule has 3 aliphatic heterocycles. The maximum atomic E-state index is 14.6. The monoisotopic (exact) mass is 1070 g/mol. The molecule has 0 unspecified atom stereocenters. The Morgan fingerprint density at radius 3 is 2.38 bits per heavy atom. The summed E-state index contributed by atoms with van der Waals surface area (Å²) in [6.07, 6.45) is 13.9. The normalized spacial score (nSPS) is 29.0. The Morgan fingerprint density at radius 1 is 0.882 bits per heavy atom. The zero-order valence-corrected chi connectivity index (χ0v) is 44.6. The number of ether oxygens (including phenoxy) is 4. The molecule has 2 aromatic rings. The van der Waals surface area contributed by atoms with Crippen LogP contribution in [0, 0.1) is 17.3 Å². The smallest absolute Gasteiger partial charge is 0.379 e. The van der Waals surface area contributed by atoms with E-state index in [0.29, 0.717) is 109 Å². The number of methoxy groups -OCH3 is 1. The quantitative estimate of drug-likeness (QED) is 0.0931. The third-order valence-corrected chi connectivity index (χ3v) is 17.1. The molecule has 76 heavy (non-hydrogen) atoms. The molecule has 0 aromatic carbocycles. The number of rotatable bonds is 23. The second-order valence-corrected chi connectivity index (χ2v) is 22.2. The van der Waals surface area contributed by atoms with Crippen molar-refractivity contribution in [1.29, 1.82) is 0 Å². The minimum atomic E-state index is -4.51. The van der Waals surface area contributed by atoms with Gasteiger partial charge < -0.3 is 50.0 Å². The van der Waals surface area contributed by atoms with E-state index in [1.54, 1.807) is 36.4 Å². The van der Waals surface area contributed by atoms with E-state index in [1.165, 1.54) is 0 Å². The molecule has 5 heterocycles. The first kappa shape index (κ1) is 57.4. The van der Waals surface area contributed by atoms with Crippen LogP contribution in [-0.4, -0.2) is 146 Å². The van der Waals surface area contributed by atoms with Gasteiger partial charge >= 0.3 is 6.18 Å². The summed E-state index contributed by atoms with van der Waals surface area (Å²) in [6.45, 7) is 3.50. The summed E-state index contributed by atoms with van der Waals surface area (Å²) in [5.74, 6) is -0.739. The Balaban J connectivity index is 0.672. The van der Waals surface area contributed by atoms with E-state index in [-0.39, 0.29) is 90.9 Å². The highest BCUT2D eigenvalue weighted by Gasteiger charge is 2.48. The fourth-order valence-electron chi connectivity index (χ4n) is 12.7. The molecule has 6 aliphatic rings. The van der Waals surface area contributed by atoms with Crippen LogP contribution in [0.2, 0.25) is 0 Å². The van der Waals surface area contributed by atoms with Crippen LogP contribution in [0.15, 0.2) is 36.8 Å². The molecule has 0 radical (unpaired) electrons. The maximum absolute atomic E-state index is 14.6. The van der Waals surface area contributed by atoms with Gasteiger partial charge in [0.1, 0.15) is 0 Å². The lowest BCUT2D eigenvalue weighted by Crippen LogP contribution is -2.51. The zero-order chi connectivity index (χ0) is 53.7. The van der Waals surface area contributed by atoms with Crippen molar-refractivity contribution in [2.45, 2.75) is 184 Å². The number of unbranched alkanes of at least 4 members (excludes halogenated alkanes) is 2. The van der Waals surface area contributed by atoms with Crippen molar-refractivity contribution in [2.24, 2.45) is 17.3 Å². The summed E-state index contributed by atoms with van der Waals surface area (Å²) in [7, 11) is 3.41. The number of amides is 5. The zero-order valence-electron chi connectivity index (χ0n) is 44.6. The number of pyridine rings is 2. The van der Waals surface area contributed by atoms with Crippen molar-refractivity contribution in [3.05, 3.63) is 59.2 Å². The minimum absolute atomic E-state index is 0.00449. The number of likely N-dealkylation sites (tertiary alicyclic amines) is 1. The molecule has 20 heteroatoms. The SMILES string of the molecule is CO[C@@H]1COCC[C@@H]1N[C@@H]1CC[C@](CCCCCNC(=O)[C@H]2CC[C@H](NC(=O)CCCO[C@H]3CC[C@H](OCCNC(=O)[C@H]4CC(=O)N(C)[C@@H]4c4cccnc4)CC3)CC2)(C(=O)N2CCc3ncc(C(F)(F)F)cc3C2)C1. The first-order valence-electron chi connectivity index (χ1n) is 28.1. The van der Waals surface area contributed by atoms with Crippen LogP contribution < -0.4 is 21.3 Å². The van der Waals surface area contributed by atoms with Gasteiger partial charge in [0.2, 0.25) is 29.5 Å². The average molecular weight is 1070 g/mol. The van der Waals surface area contributed by atoms with Gasteiger partial charge in [0.15, 0.2) is 0 Å². The van der Waals surface area contributed by atoms with Gasteiger partial charge in [-0.05, 0) is 120 Å². The number of carbonyl (C=O) groups is 5. The summed E-state index contributed by atoms with van der Waals surface area (Å²) in [5.41, 5.74) is 0.470. The van der Waals surface area contributed by atoms with E-state index in [2.05, 4.69) is 31.2 Å². The highest BCUT2D eigenvalue weighted by Crippen LogP contribution is 2.46. The third kappa shape index (κ3) is 15.3. The Bertz CT molecular complexity index is 2250. The molecule has 17 nitrogen and oxygen atoms in total. The molecule has 4 N–H and O–H groups in total. The molecule has 6 atom stereocenters. The minimum Gasteiger partial charge on any atom is -0.379 e. The number of nitrogens with zero attached hydrogens (tertiary/aromatic N) is 4. The molecule has 0 bridgehead atoms. The molecule has 8 rings (SSSR count). The lowest BCUT2D eigenvalue weighted by Gasteiger charge is -2.38. The number of hydrogen-bond donors (Lipinski definition) is 4. The summed E-state index contributed by atoms with van der Waals surface area (Å²) in [4.78, 5) is 77.8. The molecule has 3 aliphatic carbocycles. The van der Waals surface area contributed by atoms with Crippen LogP contribution in [0.4, 0.5) is 13.2 Å². The third-order valence-electron chi connectivity index (χ3n) is 17.1. The van der Waals surface area contributed by atoms with Crippen LogP contribution in [0.5, 0.6) is 0 Å². The number of carbonyl (C=O) groups excluding carboxylic acids is 5. The number of alkyl halides is 3. The molecule has 3 saturated carbocycles. The summed E-state index contributed by atoms with van der Waals surface area (Å²) >= 11 is 0. The maximum Gasteiger partial charge on any atom is 0.417 e. The van der Waals surface area contributed by atoms with Crippen LogP contribution in [0.25, 0.3) is 0 Å². The Kier molecular flexibility index (Phi) is 20.6. The summed E-state index contributed by atoms with van der Waals surface area (Å²) < 4.78 is 64.4. The number of hydrogen-bond acceptors (Lipinski definition) is 12. The van der Waals surface area contributed by atoms with Gasteiger partial charge in [-0.3, -0.25) is 33.9 Å². The van der Waals surface area contributed by atoms with Gasteiger partial charge in [0.05, 0.1) is 54.5 Å². The van der Waals surface area contributed by atoms with Gasteiger partial charge in [-0.2, -0.15) is 13.2 Å². The lowest BCUT2D eigenvalue weighted by molar-refractivity contribution is -0.143. The largest absolute Gasteiger partial charge is 0.417 e. The second kappa shape index (κ2) is 27.2. The van der Waals surface area contributed by atoms with Crippen molar-refractivity contribution < 1.29 is 56.1 Å². The van der Waals surface area contributed by atoms with Gasteiger partial charge in [0, 0.05) is 121 Å². The van der Waals surface area contributed by atoms with E-state index >= 15 is 0 Å². The van der Waals surface area contributed by atoms with Gasteiger partial charge in [0.25, 0.3) is 0 Å². The molecule has 5 amide bonds. The summed E-state index contributed by atoms with van der Waals surface area (Å²) in [5, 5.41) is 13.0. The predicted molar refractivity (Wildman–Crippen MR) is 275 cm³/mol. The Hall–Kier alpha value is -4.76. The molecule has 420 valence electrons. The molecular weight excluding hydrogens is 986 g/mol.